The summed E-state index contributed by atoms with van der Waals surface area (Å²) in [4.78, 5) is 48.0. The van der Waals surface area contributed by atoms with Crippen molar-refractivity contribution in [3.05, 3.63) is 78.9 Å². The first-order valence-electron chi connectivity index (χ1n) is 14.6. The van der Waals surface area contributed by atoms with E-state index in [1.807, 2.05) is 0 Å². The van der Waals surface area contributed by atoms with Gasteiger partial charge in [0.2, 0.25) is 0 Å². The molecule has 0 fully saturated rings. The Labute approximate surface area is 268 Å². The summed E-state index contributed by atoms with van der Waals surface area (Å²) < 4.78 is 102. The molecule has 3 heterocycles. The van der Waals surface area contributed by atoms with E-state index in [0.29, 0.717) is 17.1 Å². The molecule has 4 rings (SSSR count). The van der Waals surface area contributed by atoms with Gasteiger partial charge in [-0.25, -0.2) is 23.8 Å². The highest BCUT2D eigenvalue weighted by atomic mass is 28.3. The number of alkyl halides is 6. The molecule has 4 aromatic rings. The van der Waals surface area contributed by atoms with E-state index in [0.717, 1.165) is 28.9 Å². The lowest BCUT2D eigenvalue weighted by Gasteiger charge is -2.20. The number of nitrogens with zero attached hydrogens (tertiary/aromatic N) is 5. The molecule has 0 aliphatic heterocycles. The first-order valence-corrected chi connectivity index (χ1v) is 18.3. The van der Waals surface area contributed by atoms with Crippen LogP contribution in [0.15, 0.2) is 45.1 Å². The second kappa shape index (κ2) is 14.0. The lowest BCUT2D eigenvalue weighted by atomic mass is 10.1. The Kier molecular flexibility index (Phi) is 10.6. The van der Waals surface area contributed by atoms with E-state index < -0.39 is 78.5 Å². The fourth-order valence-corrected chi connectivity index (χ4v) is 5.41. The molecule has 3 aromatic heterocycles. The zero-order valence-electron chi connectivity index (χ0n) is 26.2. The molecular weight excluding hydrogens is 671 g/mol. The largest absolute Gasteiger partial charge is 0.423 e. The fraction of sp³-hybridized carbons (Fsp3) is 0.448. The minimum atomic E-state index is -5.00. The van der Waals surface area contributed by atoms with Gasteiger partial charge in [0.15, 0.2) is 5.82 Å². The molecule has 0 unspecified atom stereocenters. The Bertz CT molecular complexity index is 1950. The third-order valence-electron chi connectivity index (χ3n) is 7.25. The molecule has 260 valence electrons. The number of hydrogen-bond donors (Lipinski definition) is 2. The van der Waals surface area contributed by atoms with Gasteiger partial charge in [-0.05, 0) is 37.9 Å². The molecule has 0 radical (unpaired) electrons. The van der Waals surface area contributed by atoms with Crippen LogP contribution in [0.5, 0.6) is 0 Å². The van der Waals surface area contributed by atoms with Crippen LogP contribution in [0.2, 0.25) is 25.7 Å². The molecule has 0 saturated heterocycles. The molecular formula is C29H32F7N7O4Si. The normalized spacial score (nSPS) is 13.2. The van der Waals surface area contributed by atoms with Crippen LogP contribution in [-0.2, 0) is 30.4 Å². The Morgan fingerprint density at radius 1 is 0.979 bits per heavy atom. The van der Waals surface area contributed by atoms with Crippen LogP contribution in [0.3, 0.4) is 0 Å². The Hall–Kier alpha value is -4.39. The molecule has 19 heteroatoms. The maximum Gasteiger partial charge on any atom is 0.423 e. The molecule has 0 spiro atoms. The number of aromatic amines is 1. The third kappa shape index (κ3) is 8.74. The molecule has 11 nitrogen and oxygen atoms in total. The van der Waals surface area contributed by atoms with Gasteiger partial charge in [0.05, 0.1) is 33.9 Å². The second-order valence-electron chi connectivity index (χ2n) is 12.3. The molecule has 0 aliphatic carbocycles. The minimum Gasteiger partial charge on any atom is -0.381 e. The zero-order chi connectivity index (χ0) is 35.6. The van der Waals surface area contributed by atoms with Gasteiger partial charge in [-0.2, -0.15) is 31.4 Å². The minimum absolute atomic E-state index is 0.111. The third-order valence-corrected chi connectivity index (χ3v) is 8.95. The summed E-state index contributed by atoms with van der Waals surface area (Å²) in [6, 6.07) is 1.92. The first-order chi connectivity index (χ1) is 22.3. The monoisotopic (exact) mass is 703 g/mol. The smallest absolute Gasteiger partial charge is 0.381 e. The summed E-state index contributed by atoms with van der Waals surface area (Å²) in [5.41, 5.74) is -6.71. The number of benzene rings is 1. The highest BCUT2D eigenvalue weighted by molar-refractivity contribution is 6.76. The summed E-state index contributed by atoms with van der Waals surface area (Å²) in [7, 11) is -1.46. The number of H-pyrrole nitrogens is 1. The van der Waals surface area contributed by atoms with Crippen molar-refractivity contribution in [2.75, 3.05) is 11.9 Å². The van der Waals surface area contributed by atoms with E-state index in [-0.39, 0.29) is 42.5 Å². The number of fused-ring (bicyclic) bond motifs is 1. The molecule has 48 heavy (non-hydrogen) atoms. The van der Waals surface area contributed by atoms with Crippen molar-refractivity contribution in [2.45, 2.75) is 77.1 Å². The number of ether oxygens (including phenoxy) is 1. The van der Waals surface area contributed by atoms with Crippen LogP contribution >= 0.6 is 0 Å². The lowest BCUT2D eigenvalue weighted by Crippen LogP contribution is -2.35. The average molecular weight is 704 g/mol. The van der Waals surface area contributed by atoms with Crippen LogP contribution in [0.25, 0.3) is 22.3 Å². The van der Waals surface area contributed by atoms with Gasteiger partial charge in [0.25, 0.3) is 11.1 Å². The standard InChI is InChI=1S/C29H32F7N7O4Si/c1-16(40-22-14-39-43(15-47-8-9-48(2,3)4)26(45)23(22)29(34,35)36)6-5-7-42-25(44)19-10-20(30)18(11-21(19)41-27(42)46)24-37-12-17(13-38-24)28(31,32)33/h10-14,16,40H,5-9,15H2,1-4H3,(H,41,46)/t16-/m0/s1. The topological polar surface area (TPSA) is 137 Å². The Morgan fingerprint density at radius 3 is 2.25 bits per heavy atom. The van der Waals surface area contributed by atoms with E-state index in [1.165, 1.54) is 0 Å². The van der Waals surface area contributed by atoms with Gasteiger partial charge in [0.1, 0.15) is 18.1 Å². The van der Waals surface area contributed by atoms with Gasteiger partial charge in [-0.1, -0.05) is 19.6 Å². The molecule has 0 amide bonds. The molecule has 1 atom stereocenters. The average Bonchev–Trinajstić information content (AvgIpc) is 2.96. The Morgan fingerprint density at radius 2 is 1.65 bits per heavy atom. The number of rotatable bonds is 12. The van der Waals surface area contributed by atoms with E-state index in [9.17, 15) is 45.1 Å². The molecule has 2 N–H and O–H groups in total. The van der Waals surface area contributed by atoms with Crippen molar-refractivity contribution in [1.29, 1.82) is 0 Å². The number of nitrogens with one attached hydrogen (secondary N) is 2. The van der Waals surface area contributed by atoms with Crippen LogP contribution < -0.4 is 22.1 Å². The van der Waals surface area contributed by atoms with Crippen LogP contribution in [0.4, 0.5) is 36.4 Å². The maximum atomic E-state index is 14.9. The van der Waals surface area contributed by atoms with Gasteiger partial charge in [-0.3, -0.25) is 14.2 Å². The molecule has 0 aliphatic rings. The summed E-state index contributed by atoms with van der Waals surface area (Å²) in [5.74, 6) is -1.43. The second-order valence-corrected chi connectivity index (χ2v) is 18.0. The van der Waals surface area contributed by atoms with Gasteiger partial charge < -0.3 is 15.0 Å². The number of aromatic nitrogens is 6. The first kappa shape index (κ1) is 36.4. The van der Waals surface area contributed by atoms with Gasteiger partial charge >= 0.3 is 18.0 Å². The summed E-state index contributed by atoms with van der Waals surface area (Å²) in [6.07, 6.45) is -7.62. The van der Waals surface area contributed by atoms with Crippen LogP contribution in [-0.4, -0.2) is 50.0 Å². The van der Waals surface area contributed by atoms with E-state index >= 15 is 0 Å². The van der Waals surface area contributed by atoms with E-state index in [1.54, 1.807) is 6.92 Å². The van der Waals surface area contributed by atoms with Gasteiger partial charge in [-0.15, -0.1) is 0 Å². The fourth-order valence-electron chi connectivity index (χ4n) is 4.65. The van der Waals surface area contributed by atoms with Crippen molar-refractivity contribution in [1.82, 2.24) is 29.3 Å². The number of hydrogen-bond acceptors (Lipinski definition) is 8. The van der Waals surface area contributed by atoms with Crippen molar-refractivity contribution in [3.8, 4) is 11.4 Å². The lowest BCUT2D eigenvalue weighted by molar-refractivity contribution is -0.139. The van der Waals surface area contributed by atoms with Crippen LogP contribution in [0, 0.1) is 5.82 Å². The zero-order valence-corrected chi connectivity index (χ0v) is 27.2. The van der Waals surface area contributed by atoms with Crippen molar-refractivity contribution < 1.29 is 35.5 Å². The van der Waals surface area contributed by atoms with Crippen molar-refractivity contribution in [3.63, 3.8) is 0 Å². The highest BCUT2D eigenvalue weighted by Gasteiger charge is 2.38. The summed E-state index contributed by atoms with van der Waals surface area (Å²) in [5, 5.41) is 6.21. The predicted molar refractivity (Wildman–Crippen MR) is 165 cm³/mol. The van der Waals surface area contributed by atoms with Crippen molar-refractivity contribution in [2.24, 2.45) is 0 Å². The Balaban J connectivity index is 1.46. The summed E-state index contributed by atoms with van der Waals surface area (Å²) >= 11 is 0. The van der Waals surface area contributed by atoms with E-state index in [4.69, 9.17) is 4.74 Å². The highest BCUT2D eigenvalue weighted by Crippen LogP contribution is 2.32. The predicted octanol–water partition coefficient (Wildman–Crippen LogP) is 5.47. The summed E-state index contributed by atoms with van der Waals surface area (Å²) in [6.45, 7) is 7.50. The van der Waals surface area contributed by atoms with Gasteiger partial charge in [0, 0.05) is 39.7 Å². The quantitative estimate of drug-likeness (QED) is 0.113. The maximum absolute atomic E-state index is 14.9. The molecule has 0 saturated carbocycles. The van der Waals surface area contributed by atoms with E-state index in [2.05, 4.69) is 45.0 Å². The SMILES string of the molecule is C[C@@H](CCCn1c(=O)[nH]c2cc(-c3ncc(C(F)(F)F)cn3)c(F)cc2c1=O)Nc1cnn(COCC[Si](C)(C)C)c(=O)c1C(F)(F)F. The number of halogens is 7. The number of anilines is 1. The molecule has 1 aromatic carbocycles. The van der Waals surface area contributed by atoms with Crippen molar-refractivity contribution >= 4 is 24.7 Å². The molecule has 0 bridgehead atoms. The van der Waals surface area contributed by atoms with Crippen LogP contribution in [0.1, 0.15) is 30.9 Å².